The molecule has 1 heterocycles. The summed E-state index contributed by atoms with van der Waals surface area (Å²) in [6.45, 7) is 4.24. The Morgan fingerprint density at radius 1 is 1.50 bits per heavy atom. The summed E-state index contributed by atoms with van der Waals surface area (Å²) in [7, 11) is -3.84. The molecule has 8 heteroatoms. The first-order chi connectivity index (χ1) is 8.09. The normalized spacial score (nSPS) is 12.7. The Morgan fingerprint density at radius 2 is 2.06 bits per heavy atom. The highest BCUT2D eigenvalue weighted by Gasteiger charge is 2.28. The van der Waals surface area contributed by atoms with Crippen LogP contribution >= 0.6 is 11.3 Å². The lowest BCUT2D eigenvalue weighted by Crippen LogP contribution is -2.46. The molecular weight excluding hydrogens is 278 g/mol. The molecule has 0 aliphatic heterocycles. The quantitative estimate of drug-likeness (QED) is 0.745. The van der Waals surface area contributed by atoms with Crippen molar-refractivity contribution in [3.63, 3.8) is 0 Å². The van der Waals surface area contributed by atoms with Crippen LogP contribution in [0.25, 0.3) is 0 Å². The van der Waals surface area contributed by atoms with Gasteiger partial charge in [-0.15, -0.1) is 11.3 Å². The van der Waals surface area contributed by atoms with Crippen molar-refractivity contribution < 1.29 is 23.4 Å². The maximum absolute atomic E-state index is 12.1. The van der Waals surface area contributed by atoms with Gasteiger partial charge >= 0.3 is 5.97 Å². The minimum Gasteiger partial charge on any atom is -0.477 e. The van der Waals surface area contributed by atoms with Gasteiger partial charge in [0.1, 0.15) is 4.88 Å². The third-order valence-corrected chi connectivity index (χ3v) is 5.17. The van der Waals surface area contributed by atoms with Crippen LogP contribution in [0.1, 0.15) is 28.4 Å². The van der Waals surface area contributed by atoms with E-state index in [-0.39, 0.29) is 16.4 Å². The van der Waals surface area contributed by atoms with Crippen molar-refractivity contribution in [2.45, 2.75) is 31.2 Å². The predicted octanol–water partition coefficient (Wildman–Crippen LogP) is 0.804. The second kappa shape index (κ2) is 4.96. The van der Waals surface area contributed by atoms with Crippen LogP contribution in [0.3, 0.4) is 0 Å². The fourth-order valence-corrected chi connectivity index (χ4v) is 4.12. The van der Waals surface area contributed by atoms with Gasteiger partial charge < -0.3 is 10.2 Å². The molecule has 1 aromatic rings. The summed E-state index contributed by atoms with van der Waals surface area (Å²) in [4.78, 5) is 11.1. The summed E-state index contributed by atoms with van der Waals surface area (Å²) in [5.41, 5.74) is -1.00. The number of aryl methyl sites for hydroxylation is 1. The topological polar surface area (TPSA) is 104 Å². The molecule has 0 saturated heterocycles. The number of hydrogen-bond acceptors (Lipinski definition) is 5. The molecule has 1 rings (SSSR count). The standard InChI is InChI=1S/C10H15NO5S2/c1-6-8(4-7(17-6)9(13)14)18(15,16)11-10(2,3)5-12/h4,11-12H,5H2,1-3H3,(H,13,14). The van der Waals surface area contributed by atoms with E-state index in [1.165, 1.54) is 20.8 Å². The molecule has 0 unspecified atom stereocenters. The van der Waals surface area contributed by atoms with E-state index in [9.17, 15) is 13.2 Å². The summed E-state index contributed by atoms with van der Waals surface area (Å²) in [5.74, 6) is -1.16. The van der Waals surface area contributed by atoms with E-state index in [2.05, 4.69) is 4.72 Å². The highest BCUT2D eigenvalue weighted by atomic mass is 32.2. The Bertz CT molecular complexity index is 559. The van der Waals surface area contributed by atoms with Gasteiger partial charge in [0, 0.05) is 4.88 Å². The van der Waals surface area contributed by atoms with Gasteiger partial charge in [-0.25, -0.2) is 17.9 Å². The number of carboxylic acids is 1. The van der Waals surface area contributed by atoms with E-state index in [0.717, 1.165) is 17.4 Å². The molecule has 3 N–H and O–H groups in total. The van der Waals surface area contributed by atoms with Crippen LogP contribution in [0.2, 0.25) is 0 Å². The summed E-state index contributed by atoms with van der Waals surface area (Å²) in [6, 6.07) is 1.12. The number of hydrogen-bond donors (Lipinski definition) is 3. The zero-order valence-corrected chi connectivity index (χ0v) is 11.9. The average Bonchev–Trinajstić information content (AvgIpc) is 2.60. The monoisotopic (exact) mass is 293 g/mol. The number of aliphatic hydroxyl groups excluding tert-OH is 1. The minimum atomic E-state index is -3.84. The van der Waals surface area contributed by atoms with Crippen molar-refractivity contribution in [2.24, 2.45) is 0 Å². The van der Waals surface area contributed by atoms with Crippen LogP contribution in [0, 0.1) is 6.92 Å². The van der Waals surface area contributed by atoms with Crippen LogP contribution in [0.5, 0.6) is 0 Å². The second-order valence-corrected chi connectivity index (χ2v) is 7.39. The van der Waals surface area contributed by atoms with Crippen molar-refractivity contribution in [3.8, 4) is 0 Å². The number of carboxylic acid groups (broad SMARTS) is 1. The van der Waals surface area contributed by atoms with Gasteiger partial charge in [0.25, 0.3) is 0 Å². The lowest BCUT2D eigenvalue weighted by atomic mass is 10.1. The molecule has 0 radical (unpaired) electrons. The van der Waals surface area contributed by atoms with E-state index < -0.39 is 21.5 Å². The number of carbonyl (C=O) groups is 1. The fourth-order valence-electron chi connectivity index (χ4n) is 1.29. The molecule has 0 bridgehead atoms. The van der Waals surface area contributed by atoms with Gasteiger partial charge in [-0.3, -0.25) is 0 Å². The zero-order chi connectivity index (χ0) is 14.1. The number of aromatic carboxylic acids is 1. The number of aliphatic hydroxyl groups is 1. The van der Waals surface area contributed by atoms with Gasteiger partial charge in [-0.2, -0.15) is 0 Å². The number of thiophene rings is 1. The Balaban J connectivity index is 3.17. The first-order valence-electron chi connectivity index (χ1n) is 5.07. The minimum absolute atomic E-state index is 0.0327. The average molecular weight is 293 g/mol. The summed E-state index contributed by atoms with van der Waals surface area (Å²) in [6.07, 6.45) is 0. The van der Waals surface area contributed by atoms with Crippen molar-refractivity contribution in [2.75, 3.05) is 6.61 Å². The third-order valence-electron chi connectivity index (χ3n) is 2.18. The van der Waals surface area contributed by atoms with Crippen LogP contribution in [-0.4, -0.2) is 36.7 Å². The van der Waals surface area contributed by atoms with Gasteiger partial charge in [-0.05, 0) is 26.8 Å². The van der Waals surface area contributed by atoms with E-state index in [1.54, 1.807) is 0 Å². The molecule has 0 aliphatic carbocycles. The molecular formula is C10H15NO5S2. The first kappa shape index (κ1) is 15.1. The van der Waals surface area contributed by atoms with Crippen molar-refractivity contribution in [1.82, 2.24) is 4.72 Å². The molecule has 0 aromatic carbocycles. The SMILES string of the molecule is Cc1sc(C(=O)O)cc1S(=O)(=O)NC(C)(C)CO. The predicted molar refractivity (Wildman–Crippen MR) is 67.5 cm³/mol. The van der Waals surface area contributed by atoms with Gasteiger partial charge in [0.15, 0.2) is 0 Å². The lowest BCUT2D eigenvalue weighted by Gasteiger charge is -2.22. The number of nitrogens with one attached hydrogen (secondary N) is 1. The molecule has 0 amide bonds. The van der Waals surface area contributed by atoms with Gasteiger partial charge in [0.05, 0.1) is 17.0 Å². The maximum Gasteiger partial charge on any atom is 0.345 e. The Labute approximate surface area is 109 Å². The molecule has 0 fully saturated rings. The summed E-state index contributed by atoms with van der Waals surface area (Å²) >= 11 is 0.902. The maximum atomic E-state index is 12.1. The molecule has 6 nitrogen and oxygen atoms in total. The van der Waals surface area contributed by atoms with Crippen LogP contribution in [-0.2, 0) is 10.0 Å². The number of rotatable bonds is 5. The highest BCUT2D eigenvalue weighted by Crippen LogP contribution is 2.26. The molecule has 18 heavy (non-hydrogen) atoms. The third kappa shape index (κ3) is 3.29. The smallest absolute Gasteiger partial charge is 0.345 e. The number of sulfonamides is 1. The molecule has 0 spiro atoms. The first-order valence-corrected chi connectivity index (χ1v) is 7.37. The summed E-state index contributed by atoms with van der Waals surface area (Å²) < 4.78 is 26.4. The van der Waals surface area contributed by atoms with Crippen LogP contribution in [0.4, 0.5) is 0 Å². The Morgan fingerprint density at radius 3 is 2.44 bits per heavy atom. The molecule has 102 valence electrons. The fraction of sp³-hybridized carbons (Fsp3) is 0.500. The molecule has 1 aromatic heterocycles. The molecule has 0 saturated carbocycles. The Kier molecular flexibility index (Phi) is 4.16. The van der Waals surface area contributed by atoms with Gasteiger partial charge in [0.2, 0.25) is 10.0 Å². The van der Waals surface area contributed by atoms with E-state index in [1.807, 2.05) is 0 Å². The van der Waals surface area contributed by atoms with E-state index >= 15 is 0 Å². The lowest BCUT2D eigenvalue weighted by molar-refractivity contribution is 0.0702. The van der Waals surface area contributed by atoms with Crippen molar-refractivity contribution in [1.29, 1.82) is 0 Å². The second-order valence-electron chi connectivity index (χ2n) is 4.48. The Hall–Kier alpha value is -0.960. The summed E-state index contributed by atoms with van der Waals surface area (Å²) in [5, 5.41) is 17.9. The van der Waals surface area contributed by atoms with E-state index in [0.29, 0.717) is 4.88 Å². The zero-order valence-electron chi connectivity index (χ0n) is 10.2. The van der Waals surface area contributed by atoms with Crippen LogP contribution in [0.15, 0.2) is 11.0 Å². The largest absolute Gasteiger partial charge is 0.477 e. The van der Waals surface area contributed by atoms with Crippen LogP contribution < -0.4 is 4.72 Å². The van der Waals surface area contributed by atoms with E-state index in [4.69, 9.17) is 10.2 Å². The highest BCUT2D eigenvalue weighted by molar-refractivity contribution is 7.89. The molecule has 0 atom stereocenters. The molecule has 0 aliphatic rings. The van der Waals surface area contributed by atoms with Crippen molar-refractivity contribution >= 4 is 27.3 Å². The van der Waals surface area contributed by atoms with Gasteiger partial charge in [-0.1, -0.05) is 0 Å². The van der Waals surface area contributed by atoms with Crippen molar-refractivity contribution in [3.05, 3.63) is 15.8 Å².